The molecule has 0 aliphatic carbocycles. The number of nitrogens with zero attached hydrogens (tertiary/aromatic N) is 1. The Hall–Kier alpha value is -1.39. The summed E-state index contributed by atoms with van der Waals surface area (Å²) in [6.45, 7) is 1.92. The molecule has 0 spiro atoms. The lowest BCUT2D eigenvalue weighted by Gasteiger charge is -2.16. The minimum Gasteiger partial charge on any atom is -0.345 e. The number of hydrogen-bond acceptors (Lipinski definition) is 2. The van der Waals surface area contributed by atoms with E-state index in [0.717, 1.165) is 10.0 Å². The van der Waals surface area contributed by atoms with Gasteiger partial charge in [0.05, 0.1) is 16.6 Å². The van der Waals surface area contributed by atoms with Gasteiger partial charge in [0, 0.05) is 16.9 Å². The van der Waals surface area contributed by atoms with Crippen LogP contribution in [0.15, 0.2) is 47.2 Å². The summed E-state index contributed by atoms with van der Waals surface area (Å²) in [5.74, 6) is -0.212. The molecule has 1 amide bonds. The maximum absolute atomic E-state index is 12.1. The van der Waals surface area contributed by atoms with Gasteiger partial charge in [0.2, 0.25) is 0 Å². The van der Waals surface area contributed by atoms with Crippen LogP contribution in [-0.4, -0.2) is 10.9 Å². The fraction of sp³-hybridized carbons (Fsp3) is 0.143. The Labute approximate surface area is 125 Å². The fourth-order valence-electron chi connectivity index (χ4n) is 1.74. The van der Waals surface area contributed by atoms with Gasteiger partial charge < -0.3 is 5.32 Å². The van der Waals surface area contributed by atoms with Crippen molar-refractivity contribution in [2.45, 2.75) is 13.0 Å². The second-order valence-corrected chi connectivity index (χ2v) is 5.33. The molecule has 0 aliphatic heterocycles. The predicted molar refractivity (Wildman–Crippen MR) is 79.3 cm³/mol. The highest BCUT2D eigenvalue weighted by molar-refractivity contribution is 9.10. The van der Waals surface area contributed by atoms with Crippen LogP contribution < -0.4 is 5.32 Å². The largest absolute Gasteiger partial charge is 0.345 e. The van der Waals surface area contributed by atoms with Crippen LogP contribution in [0.4, 0.5) is 0 Å². The summed E-state index contributed by atoms with van der Waals surface area (Å²) in [4.78, 5) is 16.0. The predicted octanol–water partition coefficient (Wildman–Crippen LogP) is 3.99. The molecule has 1 unspecified atom stereocenters. The van der Waals surface area contributed by atoms with E-state index < -0.39 is 0 Å². The lowest BCUT2D eigenvalue weighted by molar-refractivity contribution is 0.0940. The lowest BCUT2D eigenvalue weighted by atomic mass is 10.1. The first-order valence-corrected chi connectivity index (χ1v) is 6.91. The quantitative estimate of drug-likeness (QED) is 0.918. The molecule has 0 saturated carbocycles. The van der Waals surface area contributed by atoms with Gasteiger partial charge >= 0.3 is 0 Å². The van der Waals surface area contributed by atoms with Crippen LogP contribution in [0.3, 0.4) is 0 Å². The molecule has 5 heteroatoms. The Morgan fingerprint density at radius 3 is 2.79 bits per heavy atom. The molecule has 1 heterocycles. The van der Waals surface area contributed by atoms with E-state index in [1.165, 1.54) is 6.20 Å². The minimum atomic E-state index is -0.212. The summed E-state index contributed by atoms with van der Waals surface area (Å²) < 4.78 is 0.962. The zero-order valence-corrected chi connectivity index (χ0v) is 12.6. The molecule has 2 rings (SSSR count). The summed E-state index contributed by atoms with van der Waals surface area (Å²) in [7, 11) is 0. The van der Waals surface area contributed by atoms with E-state index in [1.807, 2.05) is 31.2 Å². The number of nitrogens with one attached hydrogen (secondary N) is 1. The first kappa shape index (κ1) is 14.0. The van der Waals surface area contributed by atoms with Crippen LogP contribution in [0.5, 0.6) is 0 Å². The molecule has 1 atom stereocenters. The molecule has 19 heavy (non-hydrogen) atoms. The van der Waals surface area contributed by atoms with Gasteiger partial charge in [0.25, 0.3) is 5.91 Å². The summed E-state index contributed by atoms with van der Waals surface area (Å²) in [5.41, 5.74) is 1.44. The van der Waals surface area contributed by atoms with E-state index in [9.17, 15) is 4.79 Å². The second kappa shape index (κ2) is 6.17. The number of benzene rings is 1. The van der Waals surface area contributed by atoms with Crippen molar-refractivity contribution in [3.05, 3.63) is 63.3 Å². The summed E-state index contributed by atoms with van der Waals surface area (Å²) in [6.07, 6.45) is 3.00. The van der Waals surface area contributed by atoms with Gasteiger partial charge in [-0.3, -0.25) is 9.78 Å². The third kappa shape index (κ3) is 3.33. The zero-order valence-electron chi connectivity index (χ0n) is 10.2. The third-order valence-electron chi connectivity index (χ3n) is 2.74. The van der Waals surface area contributed by atoms with Gasteiger partial charge in [0.1, 0.15) is 0 Å². The molecule has 3 nitrogen and oxygen atoms in total. The Morgan fingerprint density at radius 2 is 2.11 bits per heavy atom. The smallest absolute Gasteiger partial charge is 0.253 e. The van der Waals surface area contributed by atoms with E-state index in [-0.39, 0.29) is 11.9 Å². The Kier molecular flexibility index (Phi) is 4.56. The Balaban J connectivity index is 2.16. The SMILES string of the molecule is CC(NC(=O)c1ccncc1Cl)c1ccccc1Br. The molecule has 1 aromatic carbocycles. The van der Waals surface area contributed by atoms with Crippen molar-refractivity contribution in [2.75, 3.05) is 0 Å². The van der Waals surface area contributed by atoms with Gasteiger partial charge in [-0.1, -0.05) is 45.7 Å². The number of carbonyl (C=O) groups is 1. The standard InChI is InChI=1S/C14H12BrClN2O/c1-9(10-4-2-3-5-12(10)15)18-14(19)11-6-7-17-8-13(11)16/h2-9H,1H3,(H,18,19). The van der Waals surface area contributed by atoms with Crippen LogP contribution in [0.2, 0.25) is 5.02 Å². The van der Waals surface area contributed by atoms with Crippen molar-refractivity contribution in [3.8, 4) is 0 Å². The van der Waals surface area contributed by atoms with Gasteiger partial charge in [0.15, 0.2) is 0 Å². The van der Waals surface area contributed by atoms with Crippen LogP contribution in [0, 0.1) is 0 Å². The van der Waals surface area contributed by atoms with Crippen molar-refractivity contribution in [2.24, 2.45) is 0 Å². The van der Waals surface area contributed by atoms with Gasteiger partial charge in [-0.25, -0.2) is 0 Å². The number of halogens is 2. The number of amides is 1. The second-order valence-electron chi connectivity index (χ2n) is 4.07. The number of hydrogen-bond donors (Lipinski definition) is 1. The molecule has 98 valence electrons. The molecule has 0 aliphatic rings. The number of rotatable bonds is 3. The van der Waals surface area contributed by atoms with Crippen molar-refractivity contribution in [3.63, 3.8) is 0 Å². The number of carbonyl (C=O) groups excluding carboxylic acids is 1. The molecular weight excluding hydrogens is 328 g/mol. The maximum atomic E-state index is 12.1. The highest BCUT2D eigenvalue weighted by Crippen LogP contribution is 2.23. The molecular formula is C14H12BrClN2O. The van der Waals surface area contributed by atoms with E-state index in [0.29, 0.717) is 10.6 Å². The van der Waals surface area contributed by atoms with Crippen LogP contribution in [0.1, 0.15) is 28.9 Å². The molecule has 1 aromatic heterocycles. The van der Waals surface area contributed by atoms with Crippen molar-refractivity contribution < 1.29 is 4.79 Å². The molecule has 0 saturated heterocycles. The molecule has 0 radical (unpaired) electrons. The Bertz CT molecular complexity index is 604. The highest BCUT2D eigenvalue weighted by atomic mass is 79.9. The minimum absolute atomic E-state index is 0.118. The van der Waals surface area contributed by atoms with Gasteiger partial charge in [-0.15, -0.1) is 0 Å². The van der Waals surface area contributed by atoms with E-state index >= 15 is 0 Å². The van der Waals surface area contributed by atoms with Gasteiger partial charge in [-0.2, -0.15) is 0 Å². The number of aromatic nitrogens is 1. The normalized spacial score (nSPS) is 11.9. The lowest BCUT2D eigenvalue weighted by Crippen LogP contribution is -2.27. The average Bonchev–Trinajstić information content (AvgIpc) is 2.39. The number of pyridine rings is 1. The highest BCUT2D eigenvalue weighted by Gasteiger charge is 2.15. The van der Waals surface area contributed by atoms with Crippen molar-refractivity contribution in [1.29, 1.82) is 0 Å². The van der Waals surface area contributed by atoms with E-state index in [1.54, 1.807) is 12.3 Å². The van der Waals surface area contributed by atoms with Crippen LogP contribution in [-0.2, 0) is 0 Å². The zero-order chi connectivity index (χ0) is 13.8. The van der Waals surface area contributed by atoms with Crippen molar-refractivity contribution >= 4 is 33.4 Å². The third-order valence-corrected chi connectivity index (χ3v) is 3.76. The molecule has 0 bridgehead atoms. The molecule has 2 aromatic rings. The molecule has 0 fully saturated rings. The maximum Gasteiger partial charge on any atom is 0.253 e. The van der Waals surface area contributed by atoms with Crippen LogP contribution in [0.25, 0.3) is 0 Å². The fourth-order valence-corrected chi connectivity index (χ4v) is 2.57. The van der Waals surface area contributed by atoms with E-state index in [4.69, 9.17) is 11.6 Å². The summed E-state index contributed by atoms with van der Waals surface area (Å²) in [6, 6.07) is 9.25. The van der Waals surface area contributed by atoms with Gasteiger partial charge in [-0.05, 0) is 24.6 Å². The monoisotopic (exact) mass is 338 g/mol. The van der Waals surface area contributed by atoms with Crippen molar-refractivity contribution in [1.82, 2.24) is 10.3 Å². The Morgan fingerprint density at radius 1 is 1.37 bits per heavy atom. The van der Waals surface area contributed by atoms with Crippen LogP contribution >= 0.6 is 27.5 Å². The summed E-state index contributed by atoms with van der Waals surface area (Å²) in [5, 5.41) is 3.26. The topological polar surface area (TPSA) is 42.0 Å². The molecule has 1 N–H and O–H groups in total. The summed E-state index contributed by atoms with van der Waals surface area (Å²) >= 11 is 9.42. The first-order chi connectivity index (χ1) is 9.09. The van der Waals surface area contributed by atoms with E-state index in [2.05, 4.69) is 26.2 Å². The average molecular weight is 340 g/mol. The first-order valence-electron chi connectivity index (χ1n) is 5.74.